The Bertz CT molecular complexity index is 378. The van der Waals surface area contributed by atoms with Gasteiger partial charge in [0.15, 0.2) is 0 Å². The fraction of sp³-hybridized carbons (Fsp3) is 0.538. The lowest BCUT2D eigenvalue weighted by molar-refractivity contribution is 0.189. The van der Waals surface area contributed by atoms with E-state index in [2.05, 4.69) is 10.3 Å². The minimum atomic E-state index is 0.0214. The molecule has 0 unspecified atom stereocenters. The molecule has 2 rings (SSSR count). The van der Waals surface area contributed by atoms with Crippen molar-refractivity contribution in [2.45, 2.75) is 38.8 Å². The second-order valence-electron chi connectivity index (χ2n) is 4.71. The average Bonchev–Trinajstić information content (AvgIpc) is 2.78. The summed E-state index contributed by atoms with van der Waals surface area (Å²) in [6, 6.07) is 6.19. The molecule has 92 valence electrons. The van der Waals surface area contributed by atoms with Gasteiger partial charge in [-0.05, 0) is 38.8 Å². The maximum atomic E-state index is 12.0. The number of pyridine rings is 1. The first kappa shape index (κ1) is 11.9. The summed E-state index contributed by atoms with van der Waals surface area (Å²) in [6.45, 7) is 4.77. The van der Waals surface area contributed by atoms with Crippen LogP contribution >= 0.6 is 0 Å². The van der Waals surface area contributed by atoms with E-state index in [9.17, 15) is 4.79 Å². The van der Waals surface area contributed by atoms with Crippen molar-refractivity contribution in [3.8, 4) is 0 Å². The molecule has 1 atom stereocenters. The van der Waals surface area contributed by atoms with E-state index in [1.807, 2.05) is 36.9 Å². The molecule has 4 nitrogen and oxygen atoms in total. The van der Waals surface area contributed by atoms with E-state index < -0.39 is 0 Å². The number of rotatable bonds is 2. The topological polar surface area (TPSA) is 45.2 Å². The van der Waals surface area contributed by atoms with E-state index >= 15 is 0 Å². The first-order chi connectivity index (χ1) is 8.18. The normalized spacial score (nSPS) is 19.7. The molecule has 0 spiro atoms. The number of likely N-dealkylation sites (tertiary alicyclic amines) is 1. The molecule has 17 heavy (non-hydrogen) atoms. The van der Waals surface area contributed by atoms with Crippen LogP contribution in [0.2, 0.25) is 0 Å². The maximum Gasteiger partial charge on any atom is 0.318 e. The van der Waals surface area contributed by atoms with Crippen molar-refractivity contribution < 1.29 is 4.79 Å². The van der Waals surface area contributed by atoms with Gasteiger partial charge in [0.1, 0.15) is 0 Å². The first-order valence-corrected chi connectivity index (χ1v) is 6.16. The quantitative estimate of drug-likeness (QED) is 0.852. The van der Waals surface area contributed by atoms with E-state index in [4.69, 9.17) is 0 Å². The smallest absolute Gasteiger partial charge is 0.318 e. The lowest BCUT2D eigenvalue weighted by Gasteiger charge is -2.25. The Hall–Kier alpha value is -1.58. The van der Waals surface area contributed by atoms with Crippen LogP contribution in [0.25, 0.3) is 0 Å². The molecule has 1 aromatic heterocycles. The van der Waals surface area contributed by atoms with Gasteiger partial charge < -0.3 is 10.2 Å². The average molecular weight is 233 g/mol. The van der Waals surface area contributed by atoms with E-state index in [1.54, 1.807) is 6.20 Å². The summed E-state index contributed by atoms with van der Waals surface area (Å²) in [4.78, 5) is 18.3. The Morgan fingerprint density at radius 2 is 2.35 bits per heavy atom. The number of nitrogens with one attached hydrogen (secondary N) is 1. The molecule has 0 radical (unpaired) electrons. The Morgan fingerprint density at radius 1 is 1.53 bits per heavy atom. The fourth-order valence-corrected chi connectivity index (χ4v) is 2.22. The summed E-state index contributed by atoms with van der Waals surface area (Å²) >= 11 is 0. The summed E-state index contributed by atoms with van der Waals surface area (Å²) in [5.74, 6) is 0. The second kappa shape index (κ2) is 5.17. The van der Waals surface area contributed by atoms with Crippen molar-refractivity contribution >= 4 is 6.03 Å². The Kier molecular flexibility index (Phi) is 3.61. The largest absolute Gasteiger partial charge is 0.336 e. The monoisotopic (exact) mass is 233 g/mol. The molecule has 1 N–H and O–H groups in total. The maximum absolute atomic E-state index is 12.0. The lowest BCUT2D eigenvalue weighted by atomic mass is 10.1. The molecular formula is C13H19N3O. The van der Waals surface area contributed by atoms with Gasteiger partial charge in [0.2, 0.25) is 0 Å². The van der Waals surface area contributed by atoms with Gasteiger partial charge in [-0.15, -0.1) is 0 Å². The zero-order valence-electron chi connectivity index (χ0n) is 10.4. The zero-order chi connectivity index (χ0) is 12.3. The minimum Gasteiger partial charge on any atom is -0.336 e. The van der Waals surface area contributed by atoms with Crippen molar-refractivity contribution in [1.82, 2.24) is 15.2 Å². The van der Waals surface area contributed by atoms with Crippen LogP contribution in [-0.2, 0) is 0 Å². The summed E-state index contributed by atoms with van der Waals surface area (Å²) in [6.07, 6.45) is 3.83. The van der Waals surface area contributed by atoms with Gasteiger partial charge >= 0.3 is 6.03 Å². The summed E-state index contributed by atoms with van der Waals surface area (Å²) < 4.78 is 0. The van der Waals surface area contributed by atoms with Gasteiger partial charge in [0, 0.05) is 18.8 Å². The Balaban J connectivity index is 2.10. The van der Waals surface area contributed by atoms with Crippen molar-refractivity contribution in [3.05, 3.63) is 30.1 Å². The number of urea groups is 1. The predicted molar refractivity (Wildman–Crippen MR) is 66.6 cm³/mol. The number of carbonyl (C=O) groups is 1. The molecule has 1 aromatic rings. The lowest BCUT2D eigenvalue weighted by Crippen LogP contribution is -2.42. The number of amides is 2. The summed E-state index contributed by atoms with van der Waals surface area (Å²) in [5.41, 5.74) is 0.990. The Labute approximate surface area is 102 Å². The highest BCUT2D eigenvalue weighted by molar-refractivity contribution is 5.75. The van der Waals surface area contributed by atoms with Gasteiger partial charge in [0.25, 0.3) is 0 Å². The molecule has 2 heterocycles. The molecule has 0 aliphatic carbocycles. The zero-order valence-corrected chi connectivity index (χ0v) is 10.4. The SMILES string of the molecule is CC(C)NC(=O)N1CCC[C@H]1c1ccccn1. The molecule has 1 aliphatic heterocycles. The standard InChI is InChI=1S/C13H19N3O/c1-10(2)15-13(17)16-9-5-7-12(16)11-6-3-4-8-14-11/h3-4,6,8,10,12H,5,7,9H2,1-2H3,(H,15,17)/t12-/m0/s1. The molecule has 1 saturated heterocycles. The second-order valence-corrected chi connectivity index (χ2v) is 4.71. The molecule has 0 saturated carbocycles. The highest BCUT2D eigenvalue weighted by Gasteiger charge is 2.30. The third kappa shape index (κ3) is 2.75. The summed E-state index contributed by atoms with van der Waals surface area (Å²) in [7, 11) is 0. The molecule has 0 bridgehead atoms. The van der Waals surface area contributed by atoms with E-state index in [1.165, 1.54) is 0 Å². The van der Waals surface area contributed by atoms with Gasteiger partial charge in [0.05, 0.1) is 11.7 Å². The number of aromatic nitrogens is 1. The Morgan fingerprint density at radius 3 is 3.00 bits per heavy atom. The molecule has 1 fully saturated rings. The van der Waals surface area contributed by atoms with Crippen LogP contribution in [0.15, 0.2) is 24.4 Å². The van der Waals surface area contributed by atoms with Gasteiger partial charge in [-0.1, -0.05) is 6.07 Å². The third-order valence-corrected chi connectivity index (χ3v) is 2.95. The number of hydrogen-bond acceptors (Lipinski definition) is 2. The number of hydrogen-bond donors (Lipinski definition) is 1. The van der Waals surface area contributed by atoms with Gasteiger partial charge in [-0.3, -0.25) is 4.98 Å². The number of carbonyl (C=O) groups excluding carboxylic acids is 1. The minimum absolute atomic E-state index is 0.0214. The summed E-state index contributed by atoms with van der Waals surface area (Å²) in [5, 5.41) is 2.94. The predicted octanol–water partition coefficient (Wildman–Crippen LogP) is 2.34. The fourth-order valence-electron chi connectivity index (χ4n) is 2.22. The van der Waals surface area contributed by atoms with Crippen molar-refractivity contribution in [3.63, 3.8) is 0 Å². The number of nitrogens with zero attached hydrogens (tertiary/aromatic N) is 2. The van der Waals surface area contributed by atoms with Crippen molar-refractivity contribution in [2.24, 2.45) is 0 Å². The van der Waals surface area contributed by atoms with Crippen LogP contribution < -0.4 is 5.32 Å². The van der Waals surface area contributed by atoms with Crippen LogP contribution in [0.4, 0.5) is 4.79 Å². The molecule has 2 amide bonds. The van der Waals surface area contributed by atoms with Crippen LogP contribution in [0, 0.1) is 0 Å². The highest BCUT2D eigenvalue weighted by Crippen LogP contribution is 2.30. The van der Waals surface area contributed by atoms with Crippen LogP contribution in [0.5, 0.6) is 0 Å². The molecule has 0 aromatic carbocycles. The van der Waals surface area contributed by atoms with Gasteiger partial charge in [-0.2, -0.15) is 0 Å². The van der Waals surface area contributed by atoms with Crippen molar-refractivity contribution in [1.29, 1.82) is 0 Å². The van der Waals surface area contributed by atoms with E-state index in [-0.39, 0.29) is 18.1 Å². The first-order valence-electron chi connectivity index (χ1n) is 6.16. The van der Waals surface area contributed by atoms with E-state index in [0.29, 0.717) is 0 Å². The highest BCUT2D eigenvalue weighted by atomic mass is 16.2. The molecule has 4 heteroatoms. The molecule has 1 aliphatic rings. The van der Waals surface area contributed by atoms with Crippen LogP contribution in [0.1, 0.15) is 38.4 Å². The molecular weight excluding hydrogens is 214 g/mol. The van der Waals surface area contributed by atoms with Crippen LogP contribution in [-0.4, -0.2) is 28.5 Å². The van der Waals surface area contributed by atoms with Crippen molar-refractivity contribution in [2.75, 3.05) is 6.54 Å². The van der Waals surface area contributed by atoms with Gasteiger partial charge in [-0.25, -0.2) is 4.79 Å². The third-order valence-electron chi connectivity index (χ3n) is 2.95. The van der Waals surface area contributed by atoms with Crippen LogP contribution in [0.3, 0.4) is 0 Å². The van der Waals surface area contributed by atoms with E-state index in [0.717, 1.165) is 25.1 Å².